The van der Waals surface area contributed by atoms with E-state index in [-0.39, 0.29) is 39.6 Å². The third-order valence-electron chi connectivity index (χ3n) is 6.72. The molecule has 10 nitrogen and oxygen atoms in total. The molecule has 0 radical (unpaired) electrons. The van der Waals surface area contributed by atoms with E-state index in [0.29, 0.717) is 12.2 Å². The molecule has 0 fully saturated rings. The number of nitrogens with zero attached hydrogens (tertiary/aromatic N) is 2. The number of ether oxygens (including phenoxy) is 4. The first-order valence-electron chi connectivity index (χ1n) is 16.1. The van der Waals surface area contributed by atoms with Gasteiger partial charge in [0.25, 0.3) is 0 Å². The summed E-state index contributed by atoms with van der Waals surface area (Å²) in [4.78, 5) is 41.3. The number of imide groups is 1. The van der Waals surface area contributed by atoms with Crippen LogP contribution in [0.25, 0.3) is 0 Å². The van der Waals surface area contributed by atoms with Crippen molar-refractivity contribution >= 4 is 18.3 Å². The highest BCUT2D eigenvalue weighted by atomic mass is 16.6. The average molecular weight is 594 g/mol. The summed E-state index contributed by atoms with van der Waals surface area (Å²) in [6, 6.07) is 5.19. The summed E-state index contributed by atoms with van der Waals surface area (Å²) in [6.45, 7) is 4.86. The van der Waals surface area contributed by atoms with Crippen molar-refractivity contribution in [2.75, 3.05) is 39.6 Å². The SMILES string of the molecule is CCCCCCCCCCCCCCCCCNC(=O)OCCOCCOC(=O)N(Cc1ccccn1)C(=O)OCC. The van der Waals surface area contributed by atoms with Gasteiger partial charge in [-0.3, -0.25) is 4.98 Å². The minimum atomic E-state index is -0.850. The highest BCUT2D eigenvalue weighted by Crippen LogP contribution is 2.13. The molecule has 0 aliphatic carbocycles. The molecule has 240 valence electrons. The Balaban J connectivity index is 1.94. The molecule has 1 aromatic heterocycles. The van der Waals surface area contributed by atoms with Gasteiger partial charge in [0.2, 0.25) is 0 Å². The molecule has 0 saturated heterocycles. The Hall–Kier alpha value is -2.88. The number of amides is 3. The third kappa shape index (κ3) is 20.9. The van der Waals surface area contributed by atoms with Crippen LogP contribution in [-0.2, 0) is 25.5 Å². The van der Waals surface area contributed by atoms with Crippen LogP contribution in [0.5, 0.6) is 0 Å². The van der Waals surface area contributed by atoms with Gasteiger partial charge in [-0.05, 0) is 25.5 Å². The zero-order valence-electron chi connectivity index (χ0n) is 26.1. The normalized spacial score (nSPS) is 10.7. The van der Waals surface area contributed by atoms with Gasteiger partial charge >= 0.3 is 18.3 Å². The number of hydrogen-bond donors (Lipinski definition) is 1. The van der Waals surface area contributed by atoms with Gasteiger partial charge in [-0.2, -0.15) is 0 Å². The number of rotatable bonds is 25. The van der Waals surface area contributed by atoms with Crippen LogP contribution in [0.15, 0.2) is 24.4 Å². The molecule has 0 spiro atoms. The van der Waals surface area contributed by atoms with E-state index in [2.05, 4.69) is 17.2 Å². The first-order chi connectivity index (χ1) is 20.6. The van der Waals surface area contributed by atoms with Crippen molar-refractivity contribution in [3.63, 3.8) is 0 Å². The van der Waals surface area contributed by atoms with Crippen LogP contribution in [0.3, 0.4) is 0 Å². The summed E-state index contributed by atoms with van der Waals surface area (Å²) < 4.78 is 20.5. The van der Waals surface area contributed by atoms with Crippen LogP contribution in [0.4, 0.5) is 14.4 Å². The quantitative estimate of drug-likeness (QED) is 0.0902. The zero-order valence-corrected chi connectivity index (χ0v) is 26.1. The van der Waals surface area contributed by atoms with E-state index >= 15 is 0 Å². The molecule has 10 heteroatoms. The fraction of sp³-hybridized carbons (Fsp3) is 0.750. The molecule has 1 N–H and O–H groups in total. The Morgan fingerprint density at radius 2 is 1.24 bits per heavy atom. The Labute approximate surface area is 253 Å². The second kappa shape index (κ2) is 27.0. The lowest BCUT2D eigenvalue weighted by Crippen LogP contribution is -2.38. The third-order valence-corrected chi connectivity index (χ3v) is 6.72. The standard InChI is InChI=1S/C32H55N3O7/c1-3-5-6-7-8-9-10-11-12-13-14-15-16-17-19-23-34-30(36)41-26-24-39-25-27-42-32(38)35(31(37)40-4-2)28-29-21-18-20-22-33-29/h18,20-22H,3-17,19,23-28H2,1-2H3,(H,34,36). The largest absolute Gasteiger partial charge is 0.449 e. The molecule has 42 heavy (non-hydrogen) atoms. The molecule has 1 rings (SSSR count). The summed E-state index contributed by atoms with van der Waals surface area (Å²) in [5.41, 5.74) is 0.522. The number of aromatic nitrogens is 1. The van der Waals surface area contributed by atoms with Gasteiger partial charge in [0.05, 0.1) is 32.1 Å². The molecule has 0 aliphatic heterocycles. The number of nitrogens with one attached hydrogen (secondary N) is 1. The molecule has 1 aromatic rings. The van der Waals surface area contributed by atoms with E-state index in [1.807, 2.05) is 0 Å². The molecule has 0 aromatic carbocycles. The summed E-state index contributed by atoms with van der Waals surface area (Å²) in [5.74, 6) is 0. The Morgan fingerprint density at radius 3 is 1.79 bits per heavy atom. The van der Waals surface area contributed by atoms with E-state index in [0.717, 1.165) is 17.7 Å². The predicted molar refractivity (Wildman–Crippen MR) is 163 cm³/mol. The van der Waals surface area contributed by atoms with E-state index in [1.54, 1.807) is 31.3 Å². The van der Waals surface area contributed by atoms with Crippen molar-refractivity contribution in [2.24, 2.45) is 0 Å². The van der Waals surface area contributed by atoms with Crippen LogP contribution in [0.2, 0.25) is 0 Å². The van der Waals surface area contributed by atoms with Crippen LogP contribution < -0.4 is 5.32 Å². The van der Waals surface area contributed by atoms with Crippen molar-refractivity contribution in [1.29, 1.82) is 0 Å². The Morgan fingerprint density at radius 1 is 0.690 bits per heavy atom. The van der Waals surface area contributed by atoms with Crippen LogP contribution in [0, 0.1) is 0 Å². The van der Waals surface area contributed by atoms with Crippen molar-refractivity contribution in [3.8, 4) is 0 Å². The second-order valence-electron chi connectivity index (χ2n) is 10.3. The molecular weight excluding hydrogens is 538 g/mol. The highest BCUT2D eigenvalue weighted by molar-refractivity contribution is 5.87. The van der Waals surface area contributed by atoms with Gasteiger partial charge in [0.15, 0.2) is 0 Å². The maximum Gasteiger partial charge on any atom is 0.419 e. The molecule has 0 saturated carbocycles. The lowest BCUT2D eigenvalue weighted by atomic mass is 10.0. The fourth-order valence-corrected chi connectivity index (χ4v) is 4.36. The lowest BCUT2D eigenvalue weighted by molar-refractivity contribution is 0.0335. The van der Waals surface area contributed by atoms with Gasteiger partial charge in [-0.1, -0.05) is 103 Å². The van der Waals surface area contributed by atoms with Crippen LogP contribution in [-0.4, -0.2) is 67.7 Å². The summed E-state index contributed by atoms with van der Waals surface area (Å²) in [7, 11) is 0. The fourth-order valence-electron chi connectivity index (χ4n) is 4.36. The molecule has 0 atom stereocenters. The van der Waals surface area contributed by atoms with E-state index in [1.165, 1.54) is 83.5 Å². The predicted octanol–water partition coefficient (Wildman–Crippen LogP) is 7.79. The monoisotopic (exact) mass is 593 g/mol. The number of unbranched alkanes of at least 4 members (excludes halogenated alkanes) is 14. The number of carbonyl (C=O) groups is 3. The number of hydrogen-bond acceptors (Lipinski definition) is 8. The smallest absolute Gasteiger partial charge is 0.419 e. The van der Waals surface area contributed by atoms with Crippen molar-refractivity contribution in [1.82, 2.24) is 15.2 Å². The molecule has 0 unspecified atom stereocenters. The maximum absolute atomic E-state index is 12.4. The number of pyridine rings is 1. The Bertz CT molecular complexity index is 811. The molecule has 0 aliphatic rings. The average Bonchev–Trinajstić information content (AvgIpc) is 2.99. The van der Waals surface area contributed by atoms with Gasteiger partial charge in [0.1, 0.15) is 13.2 Å². The zero-order chi connectivity index (χ0) is 30.5. The summed E-state index contributed by atoms with van der Waals surface area (Å²) in [5, 5.41) is 2.76. The van der Waals surface area contributed by atoms with Crippen molar-refractivity contribution in [2.45, 2.75) is 117 Å². The Kier molecular flexibility index (Phi) is 23.9. The van der Waals surface area contributed by atoms with E-state index in [9.17, 15) is 14.4 Å². The maximum atomic E-state index is 12.4. The number of carbonyl (C=O) groups excluding carboxylic acids is 3. The van der Waals surface area contributed by atoms with Gasteiger partial charge in [-0.25, -0.2) is 19.3 Å². The minimum Gasteiger partial charge on any atom is -0.449 e. The molecule has 0 bridgehead atoms. The van der Waals surface area contributed by atoms with Crippen LogP contribution in [0.1, 0.15) is 116 Å². The van der Waals surface area contributed by atoms with E-state index in [4.69, 9.17) is 18.9 Å². The first-order valence-corrected chi connectivity index (χ1v) is 16.1. The molecular formula is C32H55N3O7. The lowest BCUT2D eigenvalue weighted by Gasteiger charge is -2.19. The van der Waals surface area contributed by atoms with Gasteiger partial charge < -0.3 is 24.3 Å². The van der Waals surface area contributed by atoms with Crippen molar-refractivity contribution < 1.29 is 33.3 Å². The van der Waals surface area contributed by atoms with Gasteiger partial charge in [-0.15, -0.1) is 0 Å². The second-order valence-corrected chi connectivity index (χ2v) is 10.3. The van der Waals surface area contributed by atoms with E-state index < -0.39 is 18.3 Å². The topological polar surface area (TPSA) is 116 Å². The summed E-state index contributed by atoms with van der Waals surface area (Å²) in [6.07, 6.45) is 19.1. The van der Waals surface area contributed by atoms with Gasteiger partial charge in [0, 0.05) is 12.7 Å². The highest BCUT2D eigenvalue weighted by Gasteiger charge is 2.25. The molecule has 3 amide bonds. The minimum absolute atomic E-state index is 0.0671. The van der Waals surface area contributed by atoms with Crippen LogP contribution >= 0.6 is 0 Å². The number of alkyl carbamates (subject to hydrolysis) is 1. The first kappa shape index (κ1) is 37.1. The van der Waals surface area contributed by atoms with Crippen molar-refractivity contribution in [3.05, 3.63) is 30.1 Å². The molecule has 1 heterocycles. The summed E-state index contributed by atoms with van der Waals surface area (Å²) >= 11 is 0.